The summed E-state index contributed by atoms with van der Waals surface area (Å²) >= 11 is 0. The van der Waals surface area contributed by atoms with Crippen LogP contribution in [0.25, 0.3) is 0 Å². The first-order valence-corrected chi connectivity index (χ1v) is 7.80. The topological polar surface area (TPSA) is 58.2 Å². The summed E-state index contributed by atoms with van der Waals surface area (Å²) in [4.78, 5) is 0.385. The Hall–Kier alpha value is -0.620. The lowest BCUT2D eigenvalue weighted by Crippen LogP contribution is -2.39. The molecule has 1 rings (SSSR count). The van der Waals surface area contributed by atoms with E-state index >= 15 is 0 Å². The molecule has 6 heteroatoms. The lowest BCUT2D eigenvalue weighted by atomic mass is 10.2. The summed E-state index contributed by atoms with van der Waals surface area (Å²) in [6, 6.07) is 7.24. The summed E-state index contributed by atoms with van der Waals surface area (Å²) in [5.74, 6) is 0. The molecule has 0 bridgehead atoms. The fraction of sp³-hybridized carbons (Fsp3) is 0.538. The average molecular weight is 307 g/mol. The summed E-state index contributed by atoms with van der Waals surface area (Å²) in [5.41, 5.74) is 0.848. The Bertz CT molecular complexity index is 477. The largest absolute Gasteiger partial charge is 0.313 e. The van der Waals surface area contributed by atoms with Gasteiger partial charge in [0.1, 0.15) is 0 Å². The molecule has 0 saturated heterocycles. The summed E-state index contributed by atoms with van der Waals surface area (Å²) in [5, 5.41) is 3.17. The molecular formula is C13H23ClN2O2S. The van der Waals surface area contributed by atoms with Crippen molar-refractivity contribution in [2.75, 3.05) is 13.1 Å². The maximum absolute atomic E-state index is 12.2. The average Bonchev–Trinajstić information content (AvgIpc) is 2.37. The molecule has 0 radical (unpaired) electrons. The Morgan fingerprint density at radius 1 is 1.21 bits per heavy atom. The molecule has 0 heterocycles. The quantitative estimate of drug-likeness (QED) is 0.809. The van der Waals surface area contributed by atoms with Crippen molar-refractivity contribution in [1.82, 2.24) is 10.0 Å². The van der Waals surface area contributed by atoms with Gasteiger partial charge in [-0.15, -0.1) is 12.4 Å². The van der Waals surface area contributed by atoms with Crippen LogP contribution in [0.4, 0.5) is 0 Å². The number of hydrogen-bond acceptors (Lipinski definition) is 3. The van der Waals surface area contributed by atoms with E-state index in [2.05, 4.69) is 10.0 Å². The van der Waals surface area contributed by atoms with Crippen molar-refractivity contribution >= 4 is 22.4 Å². The van der Waals surface area contributed by atoms with Gasteiger partial charge in [0.05, 0.1) is 4.90 Å². The molecule has 19 heavy (non-hydrogen) atoms. The van der Waals surface area contributed by atoms with Gasteiger partial charge in [0.25, 0.3) is 0 Å². The SMILES string of the molecule is CCN[C@H](C)CNS(=O)(=O)c1ccccc1CC.Cl. The number of sulfonamides is 1. The van der Waals surface area contributed by atoms with E-state index in [9.17, 15) is 8.42 Å². The molecule has 0 aliphatic carbocycles. The first-order valence-electron chi connectivity index (χ1n) is 6.32. The van der Waals surface area contributed by atoms with E-state index in [0.717, 1.165) is 12.1 Å². The number of aryl methyl sites for hydroxylation is 1. The third kappa shape index (κ3) is 5.48. The highest BCUT2D eigenvalue weighted by molar-refractivity contribution is 7.89. The van der Waals surface area contributed by atoms with Gasteiger partial charge in [0, 0.05) is 12.6 Å². The third-order valence-electron chi connectivity index (χ3n) is 2.78. The molecule has 1 aromatic rings. The zero-order valence-electron chi connectivity index (χ0n) is 11.6. The number of rotatable bonds is 7. The Morgan fingerprint density at radius 3 is 2.42 bits per heavy atom. The second kappa shape index (κ2) is 8.53. The fourth-order valence-corrected chi connectivity index (χ4v) is 3.23. The number of benzene rings is 1. The zero-order chi connectivity index (χ0) is 13.6. The molecule has 0 aliphatic rings. The predicted octanol–water partition coefficient (Wildman–Crippen LogP) is 1.95. The van der Waals surface area contributed by atoms with E-state index < -0.39 is 10.0 Å². The first kappa shape index (κ1) is 18.4. The molecule has 4 nitrogen and oxygen atoms in total. The molecule has 2 N–H and O–H groups in total. The smallest absolute Gasteiger partial charge is 0.240 e. The van der Waals surface area contributed by atoms with Crippen LogP contribution >= 0.6 is 12.4 Å². The standard InChI is InChI=1S/C13H22N2O2S.ClH/c1-4-12-8-6-7-9-13(12)18(16,17)15-10-11(3)14-5-2;/h6-9,11,14-15H,4-5,10H2,1-3H3;1H/t11-;/m1./s1. The summed E-state index contributed by atoms with van der Waals surface area (Å²) in [6.45, 7) is 7.13. The van der Waals surface area contributed by atoms with Crippen LogP contribution in [0.2, 0.25) is 0 Å². The van der Waals surface area contributed by atoms with Crippen LogP contribution in [0, 0.1) is 0 Å². The van der Waals surface area contributed by atoms with E-state index in [0.29, 0.717) is 17.9 Å². The van der Waals surface area contributed by atoms with Crippen molar-refractivity contribution in [3.63, 3.8) is 0 Å². The second-order valence-corrected chi connectivity index (χ2v) is 6.01. The minimum Gasteiger partial charge on any atom is -0.313 e. The van der Waals surface area contributed by atoms with Crippen LogP contribution in [0.1, 0.15) is 26.3 Å². The predicted molar refractivity (Wildman–Crippen MR) is 81.4 cm³/mol. The molecule has 0 aromatic heterocycles. The van der Waals surface area contributed by atoms with E-state index in [1.54, 1.807) is 12.1 Å². The van der Waals surface area contributed by atoms with Crippen LogP contribution < -0.4 is 10.0 Å². The van der Waals surface area contributed by atoms with Crippen molar-refractivity contribution in [2.24, 2.45) is 0 Å². The summed E-state index contributed by atoms with van der Waals surface area (Å²) in [6.07, 6.45) is 0.708. The van der Waals surface area contributed by atoms with E-state index in [-0.39, 0.29) is 18.4 Å². The van der Waals surface area contributed by atoms with Gasteiger partial charge in [0.2, 0.25) is 10.0 Å². The minimum atomic E-state index is -3.41. The molecule has 0 amide bonds. The molecule has 0 saturated carbocycles. The number of nitrogens with one attached hydrogen (secondary N) is 2. The van der Waals surface area contributed by atoms with Crippen LogP contribution in [-0.2, 0) is 16.4 Å². The first-order chi connectivity index (χ1) is 8.51. The van der Waals surface area contributed by atoms with Gasteiger partial charge in [-0.25, -0.2) is 13.1 Å². The Labute approximate surface area is 122 Å². The molecule has 1 aromatic carbocycles. The van der Waals surface area contributed by atoms with Gasteiger partial charge in [0.15, 0.2) is 0 Å². The normalized spacial score (nSPS) is 12.8. The molecular weight excluding hydrogens is 284 g/mol. The Balaban J connectivity index is 0.00000324. The van der Waals surface area contributed by atoms with E-state index in [1.807, 2.05) is 32.9 Å². The van der Waals surface area contributed by atoms with Crippen LogP contribution in [0.15, 0.2) is 29.2 Å². The molecule has 1 atom stereocenters. The van der Waals surface area contributed by atoms with Crippen molar-refractivity contribution in [2.45, 2.75) is 38.1 Å². The van der Waals surface area contributed by atoms with Crippen molar-refractivity contribution in [3.8, 4) is 0 Å². The van der Waals surface area contributed by atoms with E-state index in [1.165, 1.54) is 0 Å². The lowest BCUT2D eigenvalue weighted by molar-refractivity contribution is 0.535. The fourth-order valence-electron chi connectivity index (χ4n) is 1.79. The summed E-state index contributed by atoms with van der Waals surface area (Å²) in [7, 11) is -3.41. The minimum absolute atomic E-state index is 0. The lowest BCUT2D eigenvalue weighted by Gasteiger charge is -2.15. The van der Waals surface area contributed by atoms with Crippen LogP contribution in [-0.4, -0.2) is 27.5 Å². The molecule has 0 fully saturated rings. The van der Waals surface area contributed by atoms with Crippen molar-refractivity contribution in [3.05, 3.63) is 29.8 Å². The Kier molecular flexibility index (Phi) is 8.25. The van der Waals surface area contributed by atoms with Crippen molar-refractivity contribution in [1.29, 1.82) is 0 Å². The maximum atomic E-state index is 12.2. The monoisotopic (exact) mass is 306 g/mol. The van der Waals surface area contributed by atoms with Gasteiger partial charge in [-0.05, 0) is 31.5 Å². The highest BCUT2D eigenvalue weighted by Crippen LogP contribution is 2.15. The highest BCUT2D eigenvalue weighted by atomic mass is 35.5. The summed E-state index contributed by atoms with van der Waals surface area (Å²) < 4.78 is 27.0. The van der Waals surface area contributed by atoms with Gasteiger partial charge in [-0.1, -0.05) is 32.0 Å². The van der Waals surface area contributed by atoms with Gasteiger partial charge < -0.3 is 5.32 Å². The molecule has 110 valence electrons. The number of halogens is 1. The van der Waals surface area contributed by atoms with Crippen molar-refractivity contribution < 1.29 is 8.42 Å². The van der Waals surface area contributed by atoms with Gasteiger partial charge >= 0.3 is 0 Å². The van der Waals surface area contributed by atoms with Crippen LogP contribution in [0.3, 0.4) is 0 Å². The molecule has 0 aliphatic heterocycles. The van der Waals surface area contributed by atoms with E-state index in [4.69, 9.17) is 0 Å². The molecule has 0 spiro atoms. The van der Waals surface area contributed by atoms with Gasteiger partial charge in [-0.2, -0.15) is 0 Å². The maximum Gasteiger partial charge on any atom is 0.240 e. The second-order valence-electron chi connectivity index (χ2n) is 4.27. The molecule has 0 unspecified atom stereocenters. The zero-order valence-corrected chi connectivity index (χ0v) is 13.3. The third-order valence-corrected chi connectivity index (χ3v) is 4.30. The Morgan fingerprint density at radius 2 is 1.84 bits per heavy atom. The number of likely N-dealkylation sites (N-methyl/N-ethyl adjacent to an activating group) is 1. The van der Waals surface area contributed by atoms with Gasteiger partial charge in [-0.3, -0.25) is 0 Å². The van der Waals surface area contributed by atoms with Crippen LogP contribution in [0.5, 0.6) is 0 Å². The number of hydrogen-bond donors (Lipinski definition) is 2. The highest BCUT2D eigenvalue weighted by Gasteiger charge is 2.17.